The van der Waals surface area contributed by atoms with E-state index in [0.29, 0.717) is 0 Å². The lowest BCUT2D eigenvalue weighted by Crippen LogP contribution is -2.31. The molecule has 0 amide bonds. The van der Waals surface area contributed by atoms with Crippen LogP contribution in [0.2, 0.25) is 0 Å². The highest BCUT2D eigenvalue weighted by Crippen LogP contribution is 2.01. The summed E-state index contributed by atoms with van der Waals surface area (Å²) < 4.78 is 24.6. The Morgan fingerprint density at radius 2 is 2.11 bits per heavy atom. The highest BCUT2D eigenvalue weighted by Gasteiger charge is 2.16. The van der Waals surface area contributed by atoms with E-state index in [0.717, 1.165) is 0 Å². The number of thiocarbonyl (C=S) groups is 1. The SMILES string of the molecule is CC(C)S(=O)(=O)CCn1cccc(C(N)=S)c1=O. The lowest BCUT2D eigenvalue weighted by Gasteiger charge is -2.10. The van der Waals surface area contributed by atoms with E-state index in [-0.39, 0.29) is 28.4 Å². The molecule has 0 fully saturated rings. The van der Waals surface area contributed by atoms with E-state index in [2.05, 4.69) is 0 Å². The lowest BCUT2D eigenvalue weighted by atomic mass is 10.3. The van der Waals surface area contributed by atoms with E-state index in [1.807, 2.05) is 0 Å². The molecule has 0 saturated heterocycles. The maximum Gasteiger partial charge on any atom is 0.260 e. The monoisotopic (exact) mass is 288 g/mol. The molecule has 0 radical (unpaired) electrons. The first-order valence-corrected chi connectivity index (χ1v) is 7.59. The number of hydrogen-bond acceptors (Lipinski definition) is 4. The minimum atomic E-state index is -3.17. The van der Waals surface area contributed by atoms with Crippen LogP contribution in [0.1, 0.15) is 19.4 Å². The standard InChI is InChI=1S/C11H16N2O3S2/c1-8(2)18(15,16)7-6-13-5-3-4-9(10(12)17)11(13)14/h3-5,8H,6-7H2,1-2H3,(H2,12,17). The predicted octanol–water partition coefficient (Wildman–Crippen LogP) is 0.306. The number of nitrogens with zero attached hydrogens (tertiary/aromatic N) is 1. The Morgan fingerprint density at radius 3 is 2.61 bits per heavy atom. The van der Waals surface area contributed by atoms with Gasteiger partial charge in [0.25, 0.3) is 5.56 Å². The second-order valence-electron chi connectivity index (χ2n) is 4.20. The van der Waals surface area contributed by atoms with Crippen molar-refractivity contribution in [3.63, 3.8) is 0 Å². The summed E-state index contributed by atoms with van der Waals surface area (Å²) in [6.45, 7) is 3.34. The van der Waals surface area contributed by atoms with Gasteiger partial charge in [0.2, 0.25) is 0 Å². The van der Waals surface area contributed by atoms with Crippen LogP contribution in [0.4, 0.5) is 0 Å². The average molecular weight is 288 g/mol. The Bertz CT molecular complexity index is 603. The lowest BCUT2D eigenvalue weighted by molar-refractivity contribution is 0.578. The average Bonchev–Trinajstić information content (AvgIpc) is 2.27. The zero-order valence-corrected chi connectivity index (χ0v) is 11.9. The van der Waals surface area contributed by atoms with Gasteiger partial charge >= 0.3 is 0 Å². The highest BCUT2D eigenvalue weighted by molar-refractivity contribution is 7.91. The molecule has 18 heavy (non-hydrogen) atoms. The summed E-state index contributed by atoms with van der Waals surface area (Å²) in [5.41, 5.74) is 5.29. The Morgan fingerprint density at radius 1 is 1.50 bits per heavy atom. The Balaban J connectivity index is 2.98. The van der Waals surface area contributed by atoms with E-state index in [9.17, 15) is 13.2 Å². The summed E-state index contributed by atoms with van der Waals surface area (Å²) >= 11 is 4.75. The fourth-order valence-corrected chi connectivity index (χ4v) is 2.44. The van der Waals surface area contributed by atoms with Gasteiger partial charge in [0.05, 0.1) is 16.6 Å². The molecule has 2 N–H and O–H groups in total. The summed E-state index contributed by atoms with van der Waals surface area (Å²) in [7, 11) is -3.17. The number of aromatic nitrogens is 1. The van der Waals surface area contributed by atoms with Gasteiger partial charge in [-0.1, -0.05) is 12.2 Å². The van der Waals surface area contributed by atoms with Gasteiger partial charge < -0.3 is 10.3 Å². The van der Waals surface area contributed by atoms with Crippen LogP contribution in [0.15, 0.2) is 23.1 Å². The molecule has 0 aliphatic rings. The first kappa shape index (κ1) is 14.8. The minimum Gasteiger partial charge on any atom is -0.389 e. The van der Waals surface area contributed by atoms with Crippen molar-refractivity contribution in [2.45, 2.75) is 25.6 Å². The quantitative estimate of drug-likeness (QED) is 0.788. The van der Waals surface area contributed by atoms with Gasteiger partial charge in [-0.05, 0) is 26.0 Å². The van der Waals surface area contributed by atoms with Crippen LogP contribution < -0.4 is 11.3 Å². The molecular weight excluding hydrogens is 272 g/mol. The normalized spacial score (nSPS) is 11.7. The zero-order valence-electron chi connectivity index (χ0n) is 10.3. The van der Waals surface area contributed by atoms with Crippen molar-refractivity contribution in [1.82, 2.24) is 4.57 Å². The van der Waals surface area contributed by atoms with Crippen molar-refractivity contribution < 1.29 is 8.42 Å². The summed E-state index contributed by atoms with van der Waals surface area (Å²) in [6.07, 6.45) is 1.53. The van der Waals surface area contributed by atoms with Gasteiger partial charge in [-0.3, -0.25) is 4.79 Å². The molecule has 0 bridgehead atoms. The molecule has 0 atom stereocenters. The van der Waals surface area contributed by atoms with Gasteiger partial charge in [0.15, 0.2) is 9.84 Å². The van der Waals surface area contributed by atoms with Gasteiger partial charge in [0.1, 0.15) is 4.99 Å². The highest BCUT2D eigenvalue weighted by atomic mass is 32.2. The molecule has 0 spiro atoms. The number of hydrogen-bond donors (Lipinski definition) is 1. The van der Waals surface area contributed by atoms with E-state index >= 15 is 0 Å². The van der Waals surface area contributed by atoms with Crippen LogP contribution in [0.25, 0.3) is 0 Å². The number of pyridine rings is 1. The molecule has 1 rings (SSSR count). The summed E-state index contributed by atoms with van der Waals surface area (Å²) in [5, 5.41) is -0.452. The molecule has 1 heterocycles. The first-order chi connectivity index (χ1) is 8.25. The molecule has 0 aromatic carbocycles. The Labute approximate surface area is 112 Å². The van der Waals surface area contributed by atoms with Gasteiger partial charge in [0, 0.05) is 12.7 Å². The van der Waals surface area contributed by atoms with Crippen LogP contribution >= 0.6 is 12.2 Å². The first-order valence-electron chi connectivity index (χ1n) is 5.46. The molecule has 1 aromatic rings. The van der Waals surface area contributed by atoms with E-state index in [1.54, 1.807) is 19.9 Å². The predicted molar refractivity (Wildman–Crippen MR) is 75.5 cm³/mol. The van der Waals surface area contributed by atoms with Crippen LogP contribution in [0.3, 0.4) is 0 Å². The molecule has 1 aromatic heterocycles. The molecule has 0 unspecified atom stereocenters. The molecule has 0 aliphatic carbocycles. The second kappa shape index (κ2) is 5.62. The van der Waals surface area contributed by atoms with Crippen LogP contribution in [0, 0.1) is 0 Å². The van der Waals surface area contributed by atoms with Crippen molar-refractivity contribution >= 4 is 27.0 Å². The number of sulfone groups is 1. The fourth-order valence-electron chi connectivity index (χ4n) is 1.36. The largest absolute Gasteiger partial charge is 0.389 e. The maximum absolute atomic E-state index is 11.9. The third-order valence-corrected chi connectivity index (χ3v) is 5.03. The van der Waals surface area contributed by atoms with E-state index < -0.39 is 15.1 Å². The van der Waals surface area contributed by atoms with Crippen molar-refractivity contribution in [3.8, 4) is 0 Å². The number of rotatable bonds is 5. The summed E-state index contributed by atoms with van der Waals surface area (Å²) in [6, 6.07) is 3.15. The van der Waals surface area contributed by atoms with Gasteiger partial charge in [-0.2, -0.15) is 0 Å². The summed E-state index contributed by atoms with van der Waals surface area (Å²) in [5.74, 6) is -0.0780. The maximum atomic E-state index is 11.9. The molecule has 5 nitrogen and oxygen atoms in total. The third kappa shape index (κ3) is 3.39. The Kier molecular flexibility index (Phi) is 4.64. The molecule has 0 aliphatic heterocycles. The number of nitrogens with two attached hydrogens (primary N) is 1. The van der Waals surface area contributed by atoms with Gasteiger partial charge in [-0.15, -0.1) is 0 Å². The van der Waals surface area contributed by atoms with Crippen LogP contribution in [-0.4, -0.2) is 29.0 Å². The van der Waals surface area contributed by atoms with Crippen molar-refractivity contribution in [2.24, 2.45) is 5.73 Å². The molecule has 100 valence electrons. The van der Waals surface area contributed by atoms with Crippen LogP contribution in [-0.2, 0) is 16.4 Å². The molecular formula is C11H16N2O3S2. The summed E-state index contributed by atoms with van der Waals surface area (Å²) in [4.78, 5) is 11.9. The topological polar surface area (TPSA) is 82.2 Å². The van der Waals surface area contributed by atoms with E-state index in [1.165, 1.54) is 16.8 Å². The van der Waals surface area contributed by atoms with Crippen molar-refractivity contribution in [1.29, 1.82) is 0 Å². The molecule has 7 heteroatoms. The van der Waals surface area contributed by atoms with E-state index in [4.69, 9.17) is 18.0 Å². The fraction of sp³-hybridized carbons (Fsp3) is 0.455. The van der Waals surface area contributed by atoms with Crippen molar-refractivity contribution in [2.75, 3.05) is 5.75 Å². The molecule has 0 saturated carbocycles. The smallest absolute Gasteiger partial charge is 0.260 e. The Hall–Kier alpha value is -1.21. The zero-order chi connectivity index (χ0) is 13.9. The third-order valence-electron chi connectivity index (χ3n) is 2.62. The van der Waals surface area contributed by atoms with Crippen molar-refractivity contribution in [3.05, 3.63) is 34.2 Å². The van der Waals surface area contributed by atoms with Gasteiger partial charge in [-0.25, -0.2) is 8.42 Å². The van der Waals surface area contributed by atoms with Crippen LogP contribution in [0.5, 0.6) is 0 Å². The number of aryl methyl sites for hydroxylation is 1. The minimum absolute atomic E-state index is 0.0149. The second-order valence-corrected chi connectivity index (χ2v) is 7.32.